The largest absolute Gasteiger partial charge is 0.496 e. The Morgan fingerprint density at radius 2 is 1.88 bits per heavy atom. The van der Waals surface area contributed by atoms with Crippen LogP contribution >= 0.6 is 23.1 Å². The Bertz CT molecular complexity index is 1930. The van der Waals surface area contributed by atoms with Gasteiger partial charge in [-0.3, -0.25) is 9.88 Å². The maximum Gasteiger partial charge on any atom is 0.345 e. The SMILES string of the molecule is COc1ccccc1C[C@@H](Oc1nsc2cnc(-c3cccc(F)c3)c(-c3ccc(OCCN4CCN(C)CC4)c(Cl)c3C)c12)C(=O)O. The molecule has 1 saturated heterocycles. The number of hydrogen-bond donors (Lipinski definition) is 1. The minimum absolute atomic E-state index is 0.0422. The number of carbonyl (C=O) groups is 1. The number of rotatable bonds is 12. The predicted octanol–water partition coefficient (Wildman–Crippen LogP) is 6.84. The van der Waals surface area contributed by atoms with Crippen molar-refractivity contribution in [1.29, 1.82) is 0 Å². The number of carboxylic acids is 1. The normalized spacial score (nSPS) is 14.6. The van der Waals surface area contributed by atoms with Crippen molar-refractivity contribution in [1.82, 2.24) is 19.2 Å². The van der Waals surface area contributed by atoms with Crippen LogP contribution in [0.15, 0.2) is 66.9 Å². The molecule has 250 valence electrons. The Morgan fingerprint density at radius 3 is 2.62 bits per heavy atom. The van der Waals surface area contributed by atoms with Crippen LogP contribution in [-0.4, -0.2) is 89.8 Å². The van der Waals surface area contributed by atoms with Gasteiger partial charge in [-0.25, -0.2) is 9.18 Å². The van der Waals surface area contributed by atoms with Gasteiger partial charge in [0.2, 0.25) is 12.0 Å². The second-order valence-electron chi connectivity index (χ2n) is 11.7. The summed E-state index contributed by atoms with van der Waals surface area (Å²) in [6, 6.07) is 17.1. The Labute approximate surface area is 287 Å². The van der Waals surface area contributed by atoms with Gasteiger partial charge < -0.3 is 24.2 Å². The summed E-state index contributed by atoms with van der Waals surface area (Å²) >= 11 is 8.10. The molecule has 5 aromatic rings. The number of nitrogens with zero attached hydrogens (tertiary/aromatic N) is 4. The highest BCUT2D eigenvalue weighted by Crippen LogP contribution is 2.46. The van der Waals surface area contributed by atoms with Crippen LogP contribution in [0.4, 0.5) is 4.39 Å². The van der Waals surface area contributed by atoms with E-state index >= 15 is 0 Å². The maximum absolute atomic E-state index is 14.5. The van der Waals surface area contributed by atoms with Crippen molar-refractivity contribution >= 4 is 39.2 Å². The molecule has 1 aliphatic heterocycles. The molecule has 0 unspecified atom stereocenters. The number of aliphatic carboxylic acids is 1. The first-order valence-electron chi connectivity index (χ1n) is 15.6. The number of methoxy groups -OCH3 is 1. The average molecular weight is 691 g/mol. The van der Waals surface area contributed by atoms with Crippen LogP contribution in [0.5, 0.6) is 17.4 Å². The van der Waals surface area contributed by atoms with Gasteiger partial charge in [0.15, 0.2) is 0 Å². The third-order valence-electron chi connectivity index (χ3n) is 8.59. The highest BCUT2D eigenvalue weighted by atomic mass is 35.5. The van der Waals surface area contributed by atoms with Crippen molar-refractivity contribution in [3.63, 3.8) is 0 Å². The molecule has 2 aromatic heterocycles. The Balaban J connectivity index is 1.40. The van der Waals surface area contributed by atoms with Gasteiger partial charge in [0.1, 0.15) is 23.9 Å². The van der Waals surface area contributed by atoms with Crippen molar-refractivity contribution in [3.05, 3.63) is 88.8 Å². The lowest BCUT2D eigenvalue weighted by atomic mass is 9.93. The molecule has 1 aliphatic rings. The molecular formula is C36H36ClFN4O5S. The van der Waals surface area contributed by atoms with E-state index in [2.05, 4.69) is 21.2 Å². The summed E-state index contributed by atoms with van der Waals surface area (Å²) in [4.78, 5) is 21.9. The molecule has 12 heteroatoms. The first-order chi connectivity index (χ1) is 23.2. The summed E-state index contributed by atoms with van der Waals surface area (Å²) in [6.07, 6.45) is 0.415. The van der Waals surface area contributed by atoms with E-state index < -0.39 is 17.9 Å². The predicted molar refractivity (Wildman–Crippen MR) is 186 cm³/mol. The number of aromatic nitrogens is 2. The smallest absolute Gasteiger partial charge is 0.345 e. The number of carboxylic acid groups (broad SMARTS) is 1. The Morgan fingerprint density at radius 1 is 1.08 bits per heavy atom. The first-order valence-corrected chi connectivity index (χ1v) is 16.8. The van der Waals surface area contributed by atoms with E-state index in [1.165, 1.54) is 19.2 Å². The molecular weight excluding hydrogens is 655 g/mol. The molecule has 1 atom stereocenters. The summed E-state index contributed by atoms with van der Waals surface area (Å²) < 4.78 is 37.6. The van der Waals surface area contributed by atoms with Gasteiger partial charge in [0.25, 0.3) is 0 Å². The zero-order chi connectivity index (χ0) is 33.8. The number of halogens is 2. The monoisotopic (exact) mass is 690 g/mol. The second kappa shape index (κ2) is 14.9. The van der Waals surface area contributed by atoms with E-state index in [9.17, 15) is 14.3 Å². The summed E-state index contributed by atoms with van der Waals surface area (Å²) in [6.45, 7) is 7.21. The van der Waals surface area contributed by atoms with Gasteiger partial charge in [-0.1, -0.05) is 48.0 Å². The molecule has 1 N–H and O–H groups in total. The quantitative estimate of drug-likeness (QED) is 0.151. The topological polar surface area (TPSA) is 97.3 Å². The van der Waals surface area contributed by atoms with Crippen LogP contribution in [0.1, 0.15) is 11.1 Å². The third kappa shape index (κ3) is 7.24. The van der Waals surface area contributed by atoms with Gasteiger partial charge in [-0.2, -0.15) is 4.37 Å². The van der Waals surface area contributed by atoms with Gasteiger partial charge in [-0.05, 0) is 66.5 Å². The van der Waals surface area contributed by atoms with Gasteiger partial charge in [0.05, 0.1) is 27.9 Å². The van der Waals surface area contributed by atoms with E-state index in [1.54, 1.807) is 30.5 Å². The van der Waals surface area contributed by atoms with E-state index in [1.807, 2.05) is 31.2 Å². The first kappa shape index (κ1) is 33.6. The molecule has 0 radical (unpaired) electrons. The van der Waals surface area contributed by atoms with Gasteiger partial charge >= 0.3 is 5.97 Å². The molecule has 0 saturated carbocycles. The average Bonchev–Trinajstić information content (AvgIpc) is 3.50. The summed E-state index contributed by atoms with van der Waals surface area (Å²) in [5.41, 5.74) is 3.74. The van der Waals surface area contributed by atoms with Gasteiger partial charge in [-0.15, -0.1) is 0 Å². The summed E-state index contributed by atoms with van der Waals surface area (Å²) in [7, 11) is 3.66. The molecule has 0 aliphatic carbocycles. The lowest BCUT2D eigenvalue weighted by Gasteiger charge is -2.32. The van der Waals surface area contributed by atoms with E-state index in [0.717, 1.165) is 49.8 Å². The maximum atomic E-state index is 14.5. The lowest BCUT2D eigenvalue weighted by molar-refractivity contribution is -0.145. The second-order valence-corrected chi connectivity index (χ2v) is 12.9. The summed E-state index contributed by atoms with van der Waals surface area (Å²) in [5, 5.41) is 11.2. The number of hydrogen-bond acceptors (Lipinski definition) is 9. The zero-order valence-electron chi connectivity index (χ0n) is 26.9. The van der Waals surface area contributed by atoms with Crippen LogP contribution in [-0.2, 0) is 11.2 Å². The molecule has 9 nitrogen and oxygen atoms in total. The standard InChI is InChI=1S/C36H36ClFN4O5S/c1-22-26(11-12-28(33(22)37)46-18-17-42-15-13-41(2)14-16-42)31-32-30(21-39-34(31)24-8-6-9-25(38)19-24)48-40-35(32)47-29(36(43)44)20-23-7-4-5-10-27(23)45-3/h4-12,19,21,29H,13-18,20H2,1-3H3,(H,43,44)/t29-/m1/s1. The number of para-hydroxylation sites is 1. The van der Waals surface area contributed by atoms with Crippen molar-refractivity contribution in [2.24, 2.45) is 0 Å². The number of fused-ring (bicyclic) bond motifs is 1. The molecule has 3 heterocycles. The van der Waals surface area contributed by atoms with Crippen LogP contribution in [0.3, 0.4) is 0 Å². The number of ether oxygens (including phenoxy) is 3. The van der Waals surface area contributed by atoms with E-state index in [-0.39, 0.29) is 12.3 Å². The van der Waals surface area contributed by atoms with Crippen LogP contribution in [0, 0.1) is 12.7 Å². The fourth-order valence-electron chi connectivity index (χ4n) is 5.89. The molecule has 48 heavy (non-hydrogen) atoms. The van der Waals surface area contributed by atoms with Crippen molar-refractivity contribution in [3.8, 4) is 39.8 Å². The number of pyridine rings is 1. The molecule has 6 rings (SSSR count). The fraction of sp³-hybridized carbons (Fsp3) is 0.306. The molecule has 1 fully saturated rings. The van der Waals surface area contributed by atoms with Crippen molar-refractivity contribution < 1.29 is 28.5 Å². The number of piperazine rings is 1. The molecule has 0 spiro atoms. The highest BCUT2D eigenvalue weighted by Gasteiger charge is 2.28. The van der Waals surface area contributed by atoms with Crippen LogP contribution in [0.2, 0.25) is 5.02 Å². The van der Waals surface area contributed by atoms with Crippen molar-refractivity contribution in [2.75, 3.05) is 53.5 Å². The minimum Gasteiger partial charge on any atom is -0.496 e. The third-order valence-corrected chi connectivity index (χ3v) is 9.82. The molecule has 0 amide bonds. The Hall–Kier alpha value is -4.29. The number of likely N-dealkylation sites (N-methyl/N-ethyl adjacent to an activating group) is 1. The fourth-order valence-corrected chi connectivity index (χ4v) is 6.81. The zero-order valence-corrected chi connectivity index (χ0v) is 28.5. The minimum atomic E-state index is -1.27. The van der Waals surface area contributed by atoms with Crippen LogP contribution in [0.25, 0.3) is 32.5 Å². The molecule has 3 aromatic carbocycles. The van der Waals surface area contributed by atoms with Gasteiger partial charge in [0, 0.05) is 56.5 Å². The van der Waals surface area contributed by atoms with Crippen molar-refractivity contribution in [2.45, 2.75) is 19.4 Å². The van der Waals surface area contributed by atoms with E-state index in [0.29, 0.717) is 61.2 Å². The highest BCUT2D eigenvalue weighted by molar-refractivity contribution is 7.13. The molecule has 0 bridgehead atoms. The lowest BCUT2D eigenvalue weighted by Crippen LogP contribution is -2.45. The number of benzene rings is 3. The van der Waals surface area contributed by atoms with Crippen LogP contribution < -0.4 is 14.2 Å². The Kier molecular flexibility index (Phi) is 10.4. The van der Waals surface area contributed by atoms with E-state index in [4.69, 9.17) is 30.8 Å². The summed E-state index contributed by atoms with van der Waals surface area (Å²) in [5.74, 6) is -0.315.